The number of nitrogens with two attached hydrogens (primary N) is 1. The van der Waals surface area contributed by atoms with Crippen LogP contribution in [0.25, 0.3) is 0 Å². The van der Waals surface area contributed by atoms with Crippen molar-refractivity contribution < 1.29 is 14.3 Å². The highest BCUT2D eigenvalue weighted by molar-refractivity contribution is 5.97. The highest BCUT2D eigenvalue weighted by Crippen LogP contribution is 2.10. The van der Waals surface area contributed by atoms with Gasteiger partial charge in [0.2, 0.25) is 5.78 Å². The molecule has 0 aliphatic carbocycles. The van der Waals surface area contributed by atoms with E-state index in [0.717, 1.165) is 0 Å². The Hall–Kier alpha value is -1.19. The fourth-order valence-corrected chi connectivity index (χ4v) is 0.569. The Morgan fingerprint density at radius 3 is 2.67 bits per heavy atom. The van der Waals surface area contributed by atoms with Crippen LogP contribution in [0.3, 0.4) is 0 Å². The second-order valence-corrected chi connectivity index (χ2v) is 1.62. The maximum absolute atomic E-state index is 10.6. The molecule has 1 aliphatic rings. The molecule has 1 heterocycles. The van der Waals surface area contributed by atoms with Gasteiger partial charge in [-0.15, -0.1) is 0 Å². The monoisotopic (exact) mass is 129 g/mol. The first kappa shape index (κ1) is 5.94. The van der Waals surface area contributed by atoms with Gasteiger partial charge in [-0.2, -0.15) is 0 Å². The molecule has 2 N–H and O–H groups in total. The van der Waals surface area contributed by atoms with Gasteiger partial charge in [0.1, 0.15) is 0 Å². The number of ether oxygens (including phenoxy) is 2. The summed E-state index contributed by atoms with van der Waals surface area (Å²) < 4.78 is 9.31. The van der Waals surface area contributed by atoms with E-state index in [1.807, 2.05) is 0 Å². The molecule has 0 spiro atoms. The Morgan fingerprint density at radius 1 is 1.78 bits per heavy atom. The summed E-state index contributed by atoms with van der Waals surface area (Å²) in [5.41, 5.74) is 5.29. The van der Waals surface area contributed by atoms with Crippen molar-refractivity contribution in [2.75, 3.05) is 13.7 Å². The first-order valence-corrected chi connectivity index (χ1v) is 2.45. The van der Waals surface area contributed by atoms with Crippen LogP contribution < -0.4 is 5.73 Å². The van der Waals surface area contributed by atoms with Crippen molar-refractivity contribution in [3.63, 3.8) is 0 Å². The zero-order valence-corrected chi connectivity index (χ0v) is 5.01. The van der Waals surface area contributed by atoms with E-state index in [1.165, 1.54) is 7.11 Å². The lowest BCUT2D eigenvalue weighted by Crippen LogP contribution is -2.09. The molecular weight excluding hydrogens is 122 g/mol. The Morgan fingerprint density at radius 2 is 2.44 bits per heavy atom. The van der Waals surface area contributed by atoms with E-state index in [1.54, 1.807) is 0 Å². The highest BCUT2D eigenvalue weighted by Gasteiger charge is 2.22. The molecule has 9 heavy (non-hydrogen) atoms. The average molecular weight is 129 g/mol. The summed E-state index contributed by atoms with van der Waals surface area (Å²) >= 11 is 0. The van der Waals surface area contributed by atoms with E-state index >= 15 is 0 Å². The van der Waals surface area contributed by atoms with Crippen molar-refractivity contribution in [2.45, 2.75) is 0 Å². The Balaban J connectivity index is 2.79. The number of carbonyl (C=O) groups excluding carboxylic acids is 1. The quantitative estimate of drug-likeness (QED) is 0.511. The zero-order valence-electron chi connectivity index (χ0n) is 5.01. The molecular formula is C5H7NO3. The first-order valence-electron chi connectivity index (χ1n) is 2.45. The Kier molecular flexibility index (Phi) is 1.30. The molecule has 0 aromatic heterocycles. The molecule has 0 radical (unpaired) electrons. The van der Waals surface area contributed by atoms with Gasteiger partial charge in [0.05, 0.1) is 7.11 Å². The summed E-state index contributed by atoms with van der Waals surface area (Å²) in [6, 6.07) is 0. The van der Waals surface area contributed by atoms with Gasteiger partial charge in [0.15, 0.2) is 12.3 Å². The van der Waals surface area contributed by atoms with E-state index in [-0.39, 0.29) is 24.0 Å². The third-order valence-electron chi connectivity index (χ3n) is 1.04. The smallest absolute Gasteiger partial charge is 0.307 e. The van der Waals surface area contributed by atoms with Crippen LogP contribution in [0.5, 0.6) is 0 Å². The fraction of sp³-hybridized carbons (Fsp3) is 0.400. The minimum Gasteiger partial charge on any atom is -0.467 e. The summed E-state index contributed by atoms with van der Waals surface area (Å²) in [6.07, 6.45) is 0. The third-order valence-corrected chi connectivity index (χ3v) is 1.04. The van der Waals surface area contributed by atoms with E-state index in [0.29, 0.717) is 0 Å². The maximum Gasteiger partial charge on any atom is 0.307 e. The SMILES string of the molecule is COC1=C(N)C(=O)CO1. The van der Waals surface area contributed by atoms with Crippen molar-refractivity contribution in [3.8, 4) is 0 Å². The van der Waals surface area contributed by atoms with Gasteiger partial charge in [-0.05, 0) is 0 Å². The molecule has 1 rings (SSSR count). The van der Waals surface area contributed by atoms with Crippen molar-refractivity contribution in [1.82, 2.24) is 0 Å². The van der Waals surface area contributed by atoms with Gasteiger partial charge in [0, 0.05) is 0 Å². The second-order valence-electron chi connectivity index (χ2n) is 1.62. The number of carbonyl (C=O) groups is 1. The summed E-state index contributed by atoms with van der Waals surface area (Å²) in [5, 5.41) is 0. The van der Waals surface area contributed by atoms with Crippen molar-refractivity contribution in [2.24, 2.45) is 5.73 Å². The Labute approximate surface area is 52.2 Å². The molecule has 0 amide bonds. The summed E-state index contributed by atoms with van der Waals surface area (Å²) in [6.45, 7) is 0.00894. The molecule has 4 nitrogen and oxygen atoms in total. The predicted octanol–water partition coefficient (Wildman–Crippen LogP) is -0.640. The lowest BCUT2D eigenvalue weighted by Gasteiger charge is -1.97. The van der Waals surface area contributed by atoms with Crippen LogP contribution in [0.2, 0.25) is 0 Å². The van der Waals surface area contributed by atoms with Gasteiger partial charge in [0.25, 0.3) is 0 Å². The molecule has 0 fully saturated rings. The minimum absolute atomic E-state index is 0.00894. The largest absolute Gasteiger partial charge is 0.467 e. The van der Waals surface area contributed by atoms with Crippen LogP contribution in [0.1, 0.15) is 0 Å². The second kappa shape index (κ2) is 1.97. The van der Waals surface area contributed by atoms with Gasteiger partial charge in [-0.25, -0.2) is 0 Å². The van der Waals surface area contributed by atoms with E-state index in [2.05, 4.69) is 4.74 Å². The van der Waals surface area contributed by atoms with Crippen molar-refractivity contribution >= 4 is 5.78 Å². The van der Waals surface area contributed by atoms with Gasteiger partial charge >= 0.3 is 5.95 Å². The molecule has 0 bridgehead atoms. The first-order chi connectivity index (χ1) is 4.25. The lowest BCUT2D eigenvalue weighted by molar-refractivity contribution is -0.116. The van der Waals surface area contributed by atoms with E-state index in [9.17, 15) is 4.79 Å². The number of methoxy groups -OCH3 is 1. The van der Waals surface area contributed by atoms with Crippen LogP contribution in [0, 0.1) is 0 Å². The predicted molar refractivity (Wildman–Crippen MR) is 29.2 cm³/mol. The topological polar surface area (TPSA) is 61.5 Å². The Bertz CT molecular complexity index is 173. The van der Waals surface area contributed by atoms with Gasteiger partial charge < -0.3 is 15.2 Å². The van der Waals surface area contributed by atoms with Gasteiger partial charge in [-0.1, -0.05) is 0 Å². The molecule has 0 saturated carbocycles. The number of Topliss-reactive ketones (excluding diaryl/α,β-unsaturated/α-hetero) is 1. The molecule has 50 valence electrons. The van der Waals surface area contributed by atoms with Crippen LogP contribution in [0.15, 0.2) is 11.6 Å². The number of rotatable bonds is 1. The standard InChI is InChI=1S/C5H7NO3/c1-8-5-4(6)3(7)2-9-5/h2,6H2,1H3. The summed E-state index contributed by atoms with van der Waals surface area (Å²) in [5.74, 6) is -0.0770. The molecule has 0 saturated heterocycles. The summed E-state index contributed by atoms with van der Waals surface area (Å²) in [4.78, 5) is 10.6. The van der Waals surface area contributed by atoms with Crippen LogP contribution in [-0.2, 0) is 14.3 Å². The van der Waals surface area contributed by atoms with Crippen LogP contribution in [-0.4, -0.2) is 19.5 Å². The third kappa shape index (κ3) is 0.826. The molecule has 0 unspecified atom stereocenters. The van der Waals surface area contributed by atoms with Crippen LogP contribution in [0.4, 0.5) is 0 Å². The van der Waals surface area contributed by atoms with Gasteiger partial charge in [-0.3, -0.25) is 4.79 Å². The molecule has 4 heteroatoms. The maximum atomic E-state index is 10.6. The van der Waals surface area contributed by atoms with E-state index < -0.39 is 0 Å². The van der Waals surface area contributed by atoms with E-state index in [4.69, 9.17) is 10.5 Å². The molecule has 1 aliphatic heterocycles. The van der Waals surface area contributed by atoms with Crippen molar-refractivity contribution in [1.29, 1.82) is 0 Å². The number of hydrogen-bond donors (Lipinski definition) is 1. The molecule has 0 atom stereocenters. The molecule has 0 aromatic carbocycles. The fourth-order valence-electron chi connectivity index (χ4n) is 0.569. The normalized spacial score (nSPS) is 18.1. The highest BCUT2D eigenvalue weighted by atomic mass is 16.7. The molecule has 0 aromatic rings. The lowest BCUT2D eigenvalue weighted by atomic mass is 10.4. The zero-order chi connectivity index (χ0) is 6.85. The summed E-state index contributed by atoms with van der Waals surface area (Å²) in [7, 11) is 1.40. The average Bonchev–Trinajstić information content (AvgIpc) is 2.15. The van der Waals surface area contributed by atoms with Crippen LogP contribution >= 0.6 is 0 Å². The number of ketones is 1. The minimum atomic E-state index is -0.216. The van der Waals surface area contributed by atoms with Crippen molar-refractivity contribution in [3.05, 3.63) is 11.6 Å². The number of hydrogen-bond acceptors (Lipinski definition) is 4.